The van der Waals surface area contributed by atoms with Crippen LogP contribution in [-0.4, -0.2) is 18.9 Å². The largest absolute Gasteiger partial charge is 0.383 e. The van der Waals surface area contributed by atoms with Crippen LogP contribution < -0.4 is 5.73 Å². The molecule has 4 aromatic rings. The molecule has 2 N–H and O–H groups in total. The SMILES string of the molecule is Cc1ccc2nc(-c3ccc4c(c3)ncn4C)c(N)n2c1. The van der Waals surface area contributed by atoms with Crippen LogP contribution in [0, 0.1) is 6.92 Å². The number of hydrogen-bond donors (Lipinski definition) is 1. The topological polar surface area (TPSA) is 61.1 Å². The lowest BCUT2D eigenvalue weighted by Crippen LogP contribution is -1.94. The first-order valence-corrected chi connectivity index (χ1v) is 6.79. The van der Waals surface area contributed by atoms with Gasteiger partial charge in [-0.05, 0) is 30.7 Å². The van der Waals surface area contributed by atoms with Crippen molar-refractivity contribution in [2.45, 2.75) is 6.92 Å². The van der Waals surface area contributed by atoms with Crippen LogP contribution in [0.2, 0.25) is 0 Å². The third kappa shape index (κ3) is 1.71. The molecular weight excluding hydrogens is 262 g/mol. The minimum Gasteiger partial charge on any atom is -0.383 e. The molecule has 21 heavy (non-hydrogen) atoms. The van der Waals surface area contributed by atoms with Crippen LogP contribution in [0.15, 0.2) is 42.9 Å². The summed E-state index contributed by atoms with van der Waals surface area (Å²) in [5.41, 5.74) is 12.1. The van der Waals surface area contributed by atoms with Crippen molar-refractivity contribution in [3.8, 4) is 11.3 Å². The van der Waals surface area contributed by atoms with E-state index in [2.05, 4.69) is 9.97 Å². The van der Waals surface area contributed by atoms with Crippen molar-refractivity contribution in [3.05, 3.63) is 48.4 Å². The number of imidazole rings is 2. The number of aryl methyl sites for hydroxylation is 2. The summed E-state index contributed by atoms with van der Waals surface area (Å²) in [6.45, 7) is 2.04. The molecule has 0 fully saturated rings. The number of rotatable bonds is 1. The molecule has 0 unspecified atom stereocenters. The highest BCUT2D eigenvalue weighted by molar-refractivity contribution is 5.84. The Balaban J connectivity index is 1.97. The molecule has 0 aliphatic heterocycles. The normalized spacial score (nSPS) is 11.5. The van der Waals surface area contributed by atoms with Crippen molar-refractivity contribution in [2.75, 3.05) is 5.73 Å². The molecule has 104 valence electrons. The predicted molar refractivity (Wildman–Crippen MR) is 84.0 cm³/mol. The van der Waals surface area contributed by atoms with Gasteiger partial charge in [-0.3, -0.25) is 4.40 Å². The highest BCUT2D eigenvalue weighted by atomic mass is 15.1. The Hall–Kier alpha value is -2.82. The van der Waals surface area contributed by atoms with Crippen molar-refractivity contribution in [3.63, 3.8) is 0 Å². The molecule has 0 aliphatic rings. The van der Waals surface area contributed by atoms with Gasteiger partial charge < -0.3 is 10.3 Å². The smallest absolute Gasteiger partial charge is 0.139 e. The first kappa shape index (κ1) is 12.0. The first-order valence-electron chi connectivity index (χ1n) is 6.79. The van der Waals surface area contributed by atoms with Crippen LogP contribution in [-0.2, 0) is 7.05 Å². The minimum absolute atomic E-state index is 0.656. The van der Waals surface area contributed by atoms with Crippen molar-refractivity contribution >= 4 is 22.5 Å². The molecule has 0 radical (unpaired) electrons. The van der Waals surface area contributed by atoms with E-state index in [1.807, 2.05) is 65.8 Å². The third-order valence-electron chi connectivity index (χ3n) is 3.80. The standard InChI is InChI=1S/C16H15N5/c1-10-3-6-14-19-15(16(17)21(14)8-10)11-4-5-13-12(7-11)18-9-20(13)2/h3-9H,17H2,1-2H3. The van der Waals surface area contributed by atoms with Gasteiger partial charge in [-0.25, -0.2) is 9.97 Å². The number of fused-ring (bicyclic) bond motifs is 2. The monoisotopic (exact) mass is 277 g/mol. The van der Waals surface area contributed by atoms with E-state index >= 15 is 0 Å². The molecule has 0 bridgehead atoms. The molecule has 0 aliphatic carbocycles. The summed E-state index contributed by atoms with van der Waals surface area (Å²) >= 11 is 0. The zero-order chi connectivity index (χ0) is 14.6. The lowest BCUT2D eigenvalue weighted by molar-refractivity contribution is 0.948. The molecule has 3 heterocycles. The van der Waals surface area contributed by atoms with E-state index in [4.69, 9.17) is 5.73 Å². The number of nitrogen functional groups attached to an aromatic ring is 1. The first-order chi connectivity index (χ1) is 10.1. The van der Waals surface area contributed by atoms with Crippen molar-refractivity contribution in [1.29, 1.82) is 0 Å². The Bertz CT molecular complexity index is 977. The van der Waals surface area contributed by atoms with Gasteiger partial charge in [0.25, 0.3) is 0 Å². The van der Waals surface area contributed by atoms with Gasteiger partial charge in [-0.15, -0.1) is 0 Å². The van der Waals surface area contributed by atoms with Gasteiger partial charge in [0.05, 0.1) is 17.4 Å². The number of nitrogens with zero attached hydrogens (tertiary/aromatic N) is 4. The van der Waals surface area contributed by atoms with Crippen molar-refractivity contribution in [1.82, 2.24) is 18.9 Å². The maximum atomic E-state index is 6.26. The number of anilines is 1. The highest BCUT2D eigenvalue weighted by Gasteiger charge is 2.12. The van der Waals surface area contributed by atoms with Gasteiger partial charge in [0.15, 0.2) is 0 Å². The zero-order valence-electron chi connectivity index (χ0n) is 11.9. The van der Waals surface area contributed by atoms with Crippen LogP contribution in [0.4, 0.5) is 5.82 Å². The molecular formula is C16H15N5. The second kappa shape index (κ2) is 4.09. The molecule has 0 spiro atoms. The molecule has 0 atom stereocenters. The van der Waals surface area contributed by atoms with E-state index in [0.29, 0.717) is 5.82 Å². The Morgan fingerprint density at radius 3 is 2.86 bits per heavy atom. The lowest BCUT2D eigenvalue weighted by Gasteiger charge is -2.01. The van der Waals surface area contributed by atoms with Crippen molar-refractivity contribution < 1.29 is 0 Å². The minimum atomic E-state index is 0.656. The van der Waals surface area contributed by atoms with Crippen LogP contribution in [0.3, 0.4) is 0 Å². The Morgan fingerprint density at radius 2 is 2.00 bits per heavy atom. The summed E-state index contributed by atoms with van der Waals surface area (Å²) in [5, 5.41) is 0. The van der Waals surface area contributed by atoms with Crippen LogP contribution >= 0.6 is 0 Å². The zero-order valence-corrected chi connectivity index (χ0v) is 11.9. The second-order valence-electron chi connectivity index (χ2n) is 5.34. The van der Waals surface area contributed by atoms with Crippen LogP contribution in [0.5, 0.6) is 0 Å². The number of aromatic nitrogens is 4. The molecule has 1 aromatic carbocycles. The van der Waals surface area contributed by atoms with Gasteiger partial charge in [0.1, 0.15) is 17.2 Å². The number of nitrogens with two attached hydrogens (primary N) is 1. The van der Waals surface area contributed by atoms with E-state index < -0.39 is 0 Å². The summed E-state index contributed by atoms with van der Waals surface area (Å²) in [7, 11) is 1.98. The maximum Gasteiger partial charge on any atom is 0.139 e. The van der Waals surface area contributed by atoms with E-state index in [1.165, 1.54) is 0 Å². The molecule has 0 amide bonds. The van der Waals surface area contributed by atoms with E-state index in [1.54, 1.807) is 0 Å². The Morgan fingerprint density at radius 1 is 1.14 bits per heavy atom. The van der Waals surface area contributed by atoms with Gasteiger partial charge in [0.2, 0.25) is 0 Å². The fourth-order valence-corrected chi connectivity index (χ4v) is 2.66. The molecule has 0 saturated heterocycles. The average Bonchev–Trinajstić information content (AvgIpc) is 3.01. The predicted octanol–water partition coefficient (Wildman–Crippen LogP) is 2.78. The second-order valence-corrected chi connectivity index (χ2v) is 5.34. The van der Waals surface area contributed by atoms with Crippen LogP contribution in [0.1, 0.15) is 5.56 Å². The summed E-state index contributed by atoms with van der Waals surface area (Å²) in [5.74, 6) is 0.656. The summed E-state index contributed by atoms with van der Waals surface area (Å²) in [6, 6.07) is 10.1. The third-order valence-corrected chi connectivity index (χ3v) is 3.80. The summed E-state index contributed by atoms with van der Waals surface area (Å²) in [6.07, 6.45) is 3.81. The fourth-order valence-electron chi connectivity index (χ4n) is 2.66. The van der Waals surface area contributed by atoms with Gasteiger partial charge >= 0.3 is 0 Å². The molecule has 0 saturated carbocycles. The Kier molecular flexibility index (Phi) is 2.33. The fraction of sp³-hybridized carbons (Fsp3) is 0.125. The summed E-state index contributed by atoms with van der Waals surface area (Å²) in [4.78, 5) is 9.03. The average molecular weight is 277 g/mol. The van der Waals surface area contributed by atoms with Crippen molar-refractivity contribution in [2.24, 2.45) is 7.05 Å². The van der Waals surface area contributed by atoms with E-state index in [0.717, 1.165) is 33.5 Å². The molecule has 3 aromatic heterocycles. The number of benzene rings is 1. The lowest BCUT2D eigenvalue weighted by atomic mass is 10.1. The number of pyridine rings is 1. The Labute approximate surface area is 121 Å². The van der Waals surface area contributed by atoms with Gasteiger partial charge in [0, 0.05) is 18.8 Å². The maximum absolute atomic E-state index is 6.26. The van der Waals surface area contributed by atoms with Gasteiger partial charge in [-0.1, -0.05) is 12.1 Å². The van der Waals surface area contributed by atoms with Gasteiger partial charge in [-0.2, -0.15) is 0 Å². The molecule has 5 nitrogen and oxygen atoms in total. The summed E-state index contributed by atoms with van der Waals surface area (Å²) < 4.78 is 3.92. The number of hydrogen-bond acceptors (Lipinski definition) is 3. The van der Waals surface area contributed by atoms with Crippen LogP contribution in [0.25, 0.3) is 27.9 Å². The molecule has 4 rings (SSSR count). The molecule has 5 heteroatoms. The van der Waals surface area contributed by atoms with E-state index in [-0.39, 0.29) is 0 Å². The highest BCUT2D eigenvalue weighted by Crippen LogP contribution is 2.28. The quantitative estimate of drug-likeness (QED) is 0.582. The van der Waals surface area contributed by atoms with E-state index in [9.17, 15) is 0 Å².